The van der Waals surface area contributed by atoms with Crippen molar-refractivity contribution in [1.29, 1.82) is 0 Å². The lowest BCUT2D eigenvalue weighted by Crippen LogP contribution is -2.07. The van der Waals surface area contributed by atoms with Gasteiger partial charge in [-0.25, -0.2) is 4.98 Å². The van der Waals surface area contributed by atoms with E-state index in [9.17, 15) is 18.0 Å². The Morgan fingerprint density at radius 1 is 1.44 bits per heavy atom. The number of carboxylic acid groups (broad SMARTS) is 1. The molecule has 2 rings (SSSR count). The molecular weight excluding hydrogens is 249 g/mol. The molecule has 0 saturated carbocycles. The van der Waals surface area contributed by atoms with Gasteiger partial charge in [0.2, 0.25) is 0 Å². The van der Waals surface area contributed by atoms with Crippen LogP contribution in [0.2, 0.25) is 0 Å². The van der Waals surface area contributed by atoms with Crippen molar-refractivity contribution in [3.8, 4) is 0 Å². The van der Waals surface area contributed by atoms with Gasteiger partial charge in [-0.15, -0.1) is 0 Å². The summed E-state index contributed by atoms with van der Waals surface area (Å²) in [5.74, 6) is -0.969. The Morgan fingerprint density at radius 2 is 2.17 bits per heavy atom. The van der Waals surface area contributed by atoms with Gasteiger partial charge in [-0.1, -0.05) is 0 Å². The van der Waals surface area contributed by atoms with Gasteiger partial charge in [-0.3, -0.25) is 4.79 Å². The normalized spacial score (nSPS) is 11.9. The van der Waals surface area contributed by atoms with Crippen LogP contribution >= 0.6 is 0 Å². The molecule has 2 heterocycles. The third-order valence-electron chi connectivity index (χ3n) is 2.50. The Morgan fingerprint density at radius 3 is 2.78 bits per heavy atom. The number of carbonyl (C=O) groups is 1. The van der Waals surface area contributed by atoms with E-state index in [4.69, 9.17) is 5.11 Å². The molecule has 7 heteroatoms. The molecule has 0 fully saturated rings. The van der Waals surface area contributed by atoms with Crippen LogP contribution in [0.25, 0.3) is 11.0 Å². The summed E-state index contributed by atoms with van der Waals surface area (Å²) in [6, 6.07) is 2.49. The first-order valence-corrected chi connectivity index (χ1v) is 5.12. The predicted octanol–water partition coefficient (Wildman–Crippen LogP) is 2.53. The molecule has 0 bridgehead atoms. The molecule has 0 spiro atoms. The molecule has 96 valence electrons. The van der Waals surface area contributed by atoms with Crippen LogP contribution in [0.1, 0.15) is 12.0 Å². The Bertz CT molecular complexity index is 589. The zero-order chi connectivity index (χ0) is 13.3. The maximum absolute atomic E-state index is 12.5. The van der Waals surface area contributed by atoms with Crippen LogP contribution in [0.5, 0.6) is 0 Å². The highest BCUT2D eigenvalue weighted by Gasteiger charge is 2.31. The molecule has 2 aromatic heterocycles. The SMILES string of the molecule is O=C(O)CCn1ccc2cc(C(F)(F)F)cnc21. The van der Waals surface area contributed by atoms with Crippen molar-refractivity contribution in [2.45, 2.75) is 19.1 Å². The van der Waals surface area contributed by atoms with Gasteiger partial charge in [0.05, 0.1) is 12.0 Å². The summed E-state index contributed by atoms with van der Waals surface area (Å²) < 4.78 is 38.9. The van der Waals surface area contributed by atoms with E-state index in [0.29, 0.717) is 11.0 Å². The highest BCUT2D eigenvalue weighted by molar-refractivity contribution is 5.77. The van der Waals surface area contributed by atoms with Crippen LogP contribution in [0.15, 0.2) is 24.5 Å². The molecular formula is C11H9F3N2O2. The number of aryl methyl sites for hydroxylation is 1. The number of rotatable bonds is 3. The zero-order valence-corrected chi connectivity index (χ0v) is 9.11. The third-order valence-corrected chi connectivity index (χ3v) is 2.50. The Hall–Kier alpha value is -2.05. The molecule has 0 radical (unpaired) electrons. The van der Waals surface area contributed by atoms with Crippen LogP contribution in [-0.2, 0) is 17.5 Å². The van der Waals surface area contributed by atoms with Gasteiger partial charge in [0.25, 0.3) is 0 Å². The maximum Gasteiger partial charge on any atom is 0.417 e. The van der Waals surface area contributed by atoms with Gasteiger partial charge in [0.1, 0.15) is 5.65 Å². The number of alkyl halides is 3. The largest absolute Gasteiger partial charge is 0.481 e. The van der Waals surface area contributed by atoms with Crippen molar-refractivity contribution in [3.05, 3.63) is 30.1 Å². The second-order valence-electron chi connectivity index (χ2n) is 3.79. The van der Waals surface area contributed by atoms with Crippen molar-refractivity contribution < 1.29 is 23.1 Å². The lowest BCUT2D eigenvalue weighted by atomic mass is 10.2. The number of hydrogen-bond acceptors (Lipinski definition) is 2. The highest BCUT2D eigenvalue weighted by atomic mass is 19.4. The minimum Gasteiger partial charge on any atom is -0.481 e. The molecule has 0 unspecified atom stereocenters. The first-order chi connectivity index (χ1) is 8.38. The molecule has 1 N–H and O–H groups in total. The summed E-state index contributed by atoms with van der Waals surface area (Å²) in [4.78, 5) is 14.2. The molecule has 2 aromatic rings. The number of halogens is 3. The molecule has 0 saturated heterocycles. The number of aromatic nitrogens is 2. The zero-order valence-electron chi connectivity index (χ0n) is 9.11. The molecule has 0 atom stereocenters. The number of hydrogen-bond donors (Lipinski definition) is 1. The second-order valence-corrected chi connectivity index (χ2v) is 3.79. The van der Waals surface area contributed by atoms with Gasteiger partial charge in [0, 0.05) is 24.3 Å². The van der Waals surface area contributed by atoms with Crippen LogP contribution in [0.3, 0.4) is 0 Å². The van der Waals surface area contributed by atoms with E-state index in [1.165, 1.54) is 16.8 Å². The third kappa shape index (κ3) is 2.44. The summed E-state index contributed by atoms with van der Waals surface area (Å²) in [6.45, 7) is 0.178. The fourth-order valence-corrected chi connectivity index (χ4v) is 1.63. The van der Waals surface area contributed by atoms with E-state index in [-0.39, 0.29) is 13.0 Å². The Kier molecular flexibility index (Phi) is 2.98. The van der Waals surface area contributed by atoms with E-state index in [0.717, 1.165) is 12.3 Å². The van der Waals surface area contributed by atoms with Crippen LogP contribution in [-0.4, -0.2) is 20.6 Å². The second kappa shape index (κ2) is 4.32. The average Bonchev–Trinajstić information content (AvgIpc) is 2.67. The van der Waals surface area contributed by atoms with Gasteiger partial charge in [-0.05, 0) is 12.1 Å². The van der Waals surface area contributed by atoms with Gasteiger partial charge < -0.3 is 9.67 Å². The molecule has 0 amide bonds. The van der Waals surface area contributed by atoms with E-state index in [1.807, 2.05) is 0 Å². The van der Waals surface area contributed by atoms with Crippen molar-refractivity contribution in [1.82, 2.24) is 9.55 Å². The smallest absolute Gasteiger partial charge is 0.417 e. The fraction of sp³-hybridized carbons (Fsp3) is 0.273. The number of fused-ring (bicyclic) bond motifs is 1. The summed E-state index contributed by atoms with van der Waals surface area (Å²) in [5.41, 5.74) is -0.463. The molecule has 18 heavy (non-hydrogen) atoms. The fourth-order valence-electron chi connectivity index (χ4n) is 1.63. The quantitative estimate of drug-likeness (QED) is 0.920. The Labute approximate surface area is 99.7 Å². The van der Waals surface area contributed by atoms with E-state index >= 15 is 0 Å². The lowest BCUT2D eigenvalue weighted by Gasteiger charge is -2.06. The van der Waals surface area contributed by atoms with Crippen molar-refractivity contribution in [2.24, 2.45) is 0 Å². The van der Waals surface area contributed by atoms with Gasteiger partial charge in [0.15, 0.2) is 0 Å². The number of nitrogens with zero attached hydrogens (tertiary/aromatic N) is 2. The van der Waals surface area contributed by atoms with Crippen molar-refractivity contribution >= 4 is 17.0 Å². The first kappa shape index (κ1) is 12.4. The predicted molar refractivity (Wildman–Crippen MR) is 57.0 cm³/mol. The van der Waals surface area contributed by atoms with E-state index < -0.39 is 17.7 Å². The van der Waals surface area contributed by atoms with Gasteiger partial charge >= 0.3 is 12.1 Å². The standard InChI is InChI=1S/C11H9F3N2O2/c12-11(13,14)8-5-7-1-3-16(4-2-9(17)18)10(7)15-6-8/h1,3,5-6H,2,4H2,(H,17,18). The van der Waals surface area contributed by atoms with Crippen molar-refractivity contribution in [3.63, 3.8) is 0 Å². The molecule has 0 aromatic carbocycles. The molecule has 0 aliphatic heterocycles. The summed E-state index contributed by atoms with van der Waals surface area (Å²) in [6.07, 6.45) is -2.25. The number of pyridine rings is 1. The minimum absolute atomic E-state index is 0.105. The van der Waals surface area contributed by atoms with Crippen molar-refractivity contribution in [2.75, 3.05) is 0 Å². The van der Waals surface area contributed by atoms with Crippen LogP contribution in [0.4, 0.5) is 13.2 Å². The molecule has 4 nitrogen and oxygen atoms in total. The maximum atomic E-state index is 12.5. The van der Waals surface area contributed by atoms with E-state index in [2.05, 4.69) is 4.98 Å². The van der Waals surface area contributed by atoms with Gasteiger partial charge in [-0.2, -0.15) is 13.2 Å². The van der Waals surface area contributed by atoms with Crippen LogP contribution in [0, 0.1) is 0 Å². The number of aliphatic carboxylic acids is 1. The highest BCUT2D eigenvalue weighted by Crippen LogP contribution is 2.30. The van der Waals surface area contributed by atoms with Crippen LogP contribution < -0.4 is 0 Å². The number of carboxylic acids is 1. The first-order valence-electron chi connectivity index (χ1n) is 5.12. The summed E-state index contributed by atoms with van der Waals surface area (Å²) >= 11 is 0. The summed E-state index contributed by atoms with van der Waals surface area (Å²) in [5, 5.41) is 8.90. The Balaban J connectivity index is 2.35. The van der Waals surface area contributed by atoms with E-state index in [1.54, 1.807) is 0 Å². The lowest BCUT2D eigenvalue weighted by molar-refractivity contribution is -0.138. The average molecular weight is 258 g/mol. The molecule has 0 aliphatic carbocycles. The molecule has 0 aliphatic rings. The topological polar surface area (TPSA) is 55.1 Å². The minimum atomic E-state index is -4.43. The summed E-state index contributed by atoms with van der Waals surface area (Å²) in [7, 11) is 0. The monoisotopic (exact) mass is 258 g/mol.